The van der Waals surface area contributed by atoms with Crippen molar-refractivity contribution in [2.24, 2.45) is 11.8 Å². The second-order valence-corrected chi connectivity index (χ2v) is 6.58. The molecule has 0 amide bonds. The molecule has 0 saturated heterocycles. The third-order valence-electron chi connectivity index (χ3n) is 4.38. The summed E-state index contributed by atoms with van der Waals surface area (Å²) in [5.41, 5.74) is 1.83. The van der Waals surface area contributed by atoms with Crippen molar-refractivity contribution in [1.82, 2.24) is 4.98 Å². The number of ketones is 1. The van der Waals surface area contributed by atoms with Crippen LogP contribution in [-0.2, 0) is 25.4 Å². The van der Waals surface area contributed by atoms with E-state index in [-0.39, 0.29) is 30.1 Å². The molecule has 0 fully saturated rings. The quantitative estimate of drug-likeness (QED) is 0.479. The predicted molar refractivity (Wildman–Crippen MR) is 89.6 cm³/mol. The predicted octanol–water partition coefficient (Wildman–Crippen LogP) is 2.07. The molecule has 0 aliphatic heterocycles. The zero-order valence-electron chi connectivity index (χ0n) is 15.3. The average Bonchev–Trinajstić information content (AvgIpc) is 2.87. The second kappa shape index (κ2) is 7.82. The highest BCUT2D eigenvalue weighted by molar-refractivity contribution is 6.12. The molecule has 25 heavy (non-hydrogen) atoms. The van der Waals surface area contributed by atoms with E-state index in [1.54, 1.807) is 6.92 Å². The average molecular weight is 351 g/mol. The topological polar surface area (TPSA) is 94.7 Å². The van der Waals surface area contributed by atoms with Gasteiger partial charge in [0.2, 0.25) is 0 Å². The number of Topliss-reactive ketones (excluding diaryl/α,β-unsaturated/α-hetero) is 1. The fourth-order valence-corrected chi connectivity index (χ4v) is 3.16. The number of aromatic amines is 1. The Labute approximate surface area is 147 Å². The van der Waals surface area contributed by atoms with Crippen molar-refractivity contribution in [3.05, 3.63) is 22.5 Å². The molecule has 1 aromatic heterocycles. The Hall–Kier alpha value is -2.15. The molecule has 1 N–H and O–H groups in total. The molecular formula is C18H25NO6. The summed E-state index contributed by atoms with van der Waals surface area (Å²) < 4.78 is 15.3. The molecule has 7 nitrogen and oxygen atoms in total. The molecule has 138 valence electrons. The van der Waals surface area contributed by atoms with Gasteiger partial charge in [-0.25, -0.2) is 4.79 Å². The number of fused-ring (bicyclic) bond motifs is 1. The smallest absolute Gasteiger partial charge is 0.355 e. The number of H-pyrrole nitrogens is 1. The van der Waals surface area contributed by atoms with Crippen LogP contribution in [-0.4, -0.2) is 49.1 Å². The first-order chi connectivity index (χ1) is 11.8. The number of rotatable bonds is 6. The minimum absolute atomic E-state index is 0.0626. The van der Waals surface area contributed by atoms with Crippen LogP contribution < -0.4 is 0 Å². The van der Waals surface area contributed by atoms with Gasteiger partial charge in [0.05, 0.1) is 19.8 Å². The van der Waals surface area contributed by atoms with Gasteiger partial charge in [-0.1, -0.05) is 6.92 Å². The van der Waals surface area contributed by atoms with Crippen molar-refractivity contribution in [2.45, 2.75) is 40.2 Å². The van der Waals surface area contributed by atoms with Gasteiger partial charge in [-0.3, -0.25) is 9.59 Å². The van der Waals surface area contributed by atoms with E-state index >= 15 is 0 Å². The van der Waals surface area contributed by atoms with Crippen molar-refractivity contribution < 1.29 is 28.6 Å². The van der Waals surface area contributed by atoms with E-state index in [2.05, 4.69) is 4.98 Å². The number of aromatic nitrogens is 1. The number of carbonyl (C=O) groups excluding carboxylic acids is 3. The maximum Gasteiger partial charge on any atom is 0.355 e. The Morgan fingerprint density at radius 1 is 1.28 bits per heavy atom. The van der Waals surface area contributed by atoms with Gasteiger partial charge >= 0.3 is 11.9 Å². The van der Waals surface area contributed by atoms with Gasteiger partial charge in [0, 0.05) is 11.3 Å². The first kappa shape index (κ1) is 19.2. The van der Waals surface area contributed by atoms with E-state index in [1.165, 1.54) is 7.11 Å². The third kappa shape index (κ3) is 3.92. The lowest BCUT2D eigenvalue weighted by Crippen LogP contribution is -2.36. The Kier molecular flexibility index (Phi) is 6.00. The summed E-state index contributed by atoms with van der Waals surface area (Å²) in [6.07, 6.45) is 0.554. The highest BCUT2D eigenvalue weighted by Crippen LogP contribution is 2.34. The van der Waals surface area contributed by atoms with Gasteiger partial charge in [0.1, 0.15) is 18.2 Å². The Morgan fingerprint density at radius 2 is 1.96 bits per heavy atom. The minimum Gasteiger partial charge on any atom is -0.468 e. The van der Waals surface area contributed by atoms with Crippen LogP contribution in [0.15, 0.2) is 0 Å². The van der Waals surface area contributed by atoms with E-state index in [0.717, 1.165) is 0 Å². The highest BCUT2D eigenvalue weighted by atomic mass is 16.6. The zero-order valence-corrected chi connectivity index (χ0v) is 15.3. The number of nitrogens with one attached hydrogen (secondary N) is 1. The van der Waals surface area contributed by atoms with E-state index in [9.17, 15) is 14.4 Å². The summed E-state index contributed by atoms with van der Waals surface area (Å²) >= 11 is 0. The fourth-order valence-electron chi connectivity index (χ4n) is 3.16. The summed E-state index contributed by atoms with van der Waals surface area (Å²) in [5, 5.41) is 0. The van der Waals surface area contributed by atoms with Gasteiger partial charge in [-0.2, -0.15) is 0 Å². The first-order valence-corrected chi connectivity index (χ1v) is 8.40. The van der Waals surface area contributed by atoms with Gasteiger partial charge in [0.25, 0.3) is 0 Å². The third-order valence-corrected chi connectivity index (χ3v) is 4.38. The van der Waals surface area contributed by atoms with E-state index in [0.29, 0.717) is 29.8 Å². The molecule has 2 rings (SSSR count). The Morgan fingerprint density at radius 3 is 2.56 bits per heavy atom. The molecule has 0 saturated carbocycles. The molecule has 1 heterocycles. The van der Waals surface area contributed by atoms with E-state index in [4.69, 9.17) is 14.2 Å². The number of methoxy groups -OCH3 is 1. The molecule has 0 bridgehead atoms. The minimum atomic E-state index is -0.838. The summed E-state index contributed by atoms with van der Waals surface area (Å²) in [4.78, 5) is 39.9. The van der Waals surface area contributed by atoms with Crippen molar-refractivity contribution in [3.63, 3.8) is 0 Å². The Bertz CT molecular complexity index is 675. The zero-order chi connectivity index (χ0) is 18.7. The summed E-state index contributed by atoms with van der Waals surface area (Å²) in [7, 11) is 1.27. The van der Waals surface area contributed by atoms with Crippen LogP contribution in [0.2, 0.25) is 0 Å². The molecule has 0 spiro atoms. The number of hydrogen-bond donors (Lipinski definition) is 1. The summed E-state index contributed by atoms with van der Waals surface area (Å²) in [6, 6.07) is 0. The summed E-state index contributed by atoms with van der Waals surface area (Å²) in [6.45, 7) is 7.74. The number of ether oxygens (including phenoxy) is 3. The molecule has 1 aliphatic carbocycles. The lowest BCUT2D eigenvalue weighted by Gasteiger charge is -2.25. The SMILES string of the molecule is COC(=O)[C@@H]1C(=O)c2c([nH]c(C(=O)OCCOC(C)C)c2C)C[C@H]1C. The number of hydrogen-bond acceptors (Lipinski definition) is 6. The lowest BCUT2D eigenvalue weighted by molar-refractivity contribution is -0.145. The van der Waals surface area contributed by atoms with Gasteiger partial charge in [0.15, 0.2) is 5.78 Å². The number of carbonyl (C=O) groups is 3. The second-order valence-electron chi connectivity index (χ2n) is 6.58. The number of esters is 2. The van der Waals surface area contributed by atoms with Gasteiger partial charge in [-0.15, -0.1) is 0 Å². The van der Waals surface area contributed by atoms with Crippen molar-refractivity contribution >= 4 is 17.7 Å². The molecule has 0 aromatic carbocycles. The molecule has 0 radical (unpaired) electrons. The lowest BCUT2D eigenvalue weighted by atomic mass is 9.77. The van der Waals surface area contributed by atoms with Gasteiger partial charge < -0.3 is 19.2 Å². The highest BCUT2D eigenvalue weighted by Gasteiger charge is 2.41. The van der Waals surface area contributed by atoms with Crippen LogP contribution in [0.4, 0.5) is 0 Å². The largest absolute Gasteiger partial charge is 0.468 e. The molecule has 2 atom stereocenters. The monoisotopic (exact) mass is 351 g/mol. The molecule has 7 heteroatoms. The molecule has 1 aliphatic rings. The van der Waals surface area contributed by atoms with Crippen LogP contribution in [0.5, 0.6) is 0 Å². The van der Waals surface area contributed by atoms with Crippen LogP contribution in [0.3, 0.4) is 0 Å². The molecule has 0 unspecified atom stereocenters. The van der Waals surface area contributed by atoms with Crippen molar-refractivity contribution in [3.8, 4) is 0 Å². The first-order valence-electron chi connectivity index (χ1n) is 8.40. The fraction of sp³-hybridized carbons (Fsp3) is 0.611. The van der Waals surface area contributed by atoms with Crippen molar-refractivity contribution in [2.75, 3.05) is 20.3 Å². The van der Waals surface area contributed by atoms with Crippen LogP contribution in [0.1, 0.15) is 52.9 Å². The molecule has 1 aromatic rings. The standard InChI is InChI=1S/C18H25NO6/c1-9(2)24-6-7-25-18(22)15-11(4)14-12(19-15)8-10(3)13(16(14)20)17(21)23-5/h9-10,13,19H,6-8H2,1-5H3/t10-,13+/m1/s1. The maximum absolute atomic E-state index is 12.7. The van der Waals surface area contributed by atoms with Crippen LogP contribution in [0.25, 0.3) is 0 Å². The van der Waals surface area contributed by atoms with E-state index in [1.807, 2.05) is 20.8 Å². The normalized spacial score (nSPS) is 19.7. The maximum atomic E-state index is 12.7. The van der Waals surface area contributed by atoms with E-state index < -0.39 is 17.9 Å². The molecular weight excluding hydrogens is 326 g/mol. The van der Waals surface area contributed by atoms with Crippen LogP contribution in [0, 0.1) is 18.8 Å². The summed E-state index contributed by atoms with van der Waals surface area (Å²) in [5.74, 6) is -2.42. The Balaban J connectivity index is 2.18. The van der Waals surface area contributed by atoms with Gasteiger partial charge in [-0.05, 0) is 38.7 Å². The van der Waals surface area contributed by atoms with Crippen molar-refractivity contribution in [1.29, 1.82) is 0 Å². The van der Waals surface area contributed by atoms with Crippen LogP contribution >= 0.6 is 0 Å².